The number of aromatic hydroxyl groups is 1. The third-order valence-corrected chi connectivity index (χ3v) is 26.8. The molecule has 0 heterocycles. The number of aliphatic hydroxyl groups is 2. The number of hydrogen-bond donors (Lipinski definition) is 4. The van der Waals surface area contributed by atoms with E-state index in [0.29, 0.717) is 49.5 Å². The standard InChI is InChI=1S/C84H100O6/c1-54(55(2)59-19-10-7-11-20-59)24-38-69(78(88)89)77-75(86)53-84(65-34-30-62(31-35-65)67(39-27-56-16-8-6-9-17-56)61-28-25-57(26-29-61)42-47-90-5)74-52-82-44-15-43-80(3)76(87)41-46-83(79(80)82,72(74)40-45-81(77,84)4)73-50-64-21-12-13-23-68(64)70(71(73)51-82)49-58-18-14-22-63(48-58)60-32-36-66(85)37-33-60/h6,8-9,12-18,21-23,25-26,28-29,32-33,36-37,44,48,50-51,55,59,62,65,67,69,73,75-77,79,85-87H,1,7,10-11,19-20,24,27,30-31,34-35,38-43,45-47,49,52-53H2,2-5H3,(H,88,89)/t55-,62?,65?,67+,69-,73+,75-,76+,77+,79-,80-,81-,82-,83-,84-/m1/s1. The predicted octanol–water partition coefficient (Wildman–Crippen LogP) is 17.0. The molecule has 0 saturated heterocycles. The highest BCUT2D eigenvalue weighted by atomic mass is 16.5. The number of aliphatic carboxylic acids is 1. The fraction of sp³-hybridized carbons (Fsp3) is 0.512. The van der Waals surface area contributed by atoms with Gasteiger partial charge in [-0.3, -0.25) is 4.79 Å². The maximum absolute atomic E-state index is 14.4. The van der Waals surface area contributed by atoms with Crippen molar-refractivity contribution in [3.8, 4) is 16.9 Å². The van der Waals surface area contributed by atoms with Crippen molar-refractivity contribution in [2.75, 3.05) is 13.7 Å². The number of phenols is 1. The number of phenolic OH excluding ortho intramolecular Hbond substituents is 1. The van der Waals surface area contributed by atoms with Gasteiger partial charge >= 0.3 is 5.97 Å². The van der Waals surface area contributed by atoms with Gasteiger partial charge in [0.2, 0.25) is 0 Å². The fourth-order valence-electron chi connectivity index (χ4n) is 22.7. The number of carboxylic acid groups (broad SMARTS) is 1. The Morgan fingerprint density at radius 1 is 0.744 bits per heavy atom. The Morgan fingerprint density at radius 2 is 1.48 bits per heavy atom. The van der Waals surface area contributed by atoms with Crippen LogP contribution >= 0.6 is 0 Å². The number of carbonyl (C=O) groups is 1. The van der Waals surface area contributed by atoms with Crippen LogP contribution in [-0.2, 0) is 28.8 Å². The summed E-state index contributed by atoms with van der Waals surface area (Å²) in [5.41, 5.74) is 12.9. The minimum atomic E-state index is -0.760. The van der Waals surface area contributed by atoms with E-state index in [2.05, 4.69) is 148 Å². The van der Waals surface area contributed by atoms with Crippen molar-refractivity contribution in [3.05, 3.63) is 207 Å². The average Bonchev–Trinajstić information content (AvgIpc) is 0.975. The number of fused-ring (bicyclic) bond motifs is 4. The summed E-state index contributed by atoms with van der Waals surface area (Å²) in [5.74, 6) is 0.777. The van der Waals surface area contributed by atoms with E-state index in [1.165, 1.54) is 81.5 Å². The van der Waals surface area contributed by atoms with E-state index in [0.717, 1.165) is 101 Å². The topological polar surface area (TPSA) is 107 Å². The number of carboxylic acids is 1. The minimum absolute atomic E-state index is 0.0684. The number of benzene rings is 5. The van der Waals surface area contributed by atoms with Crippen LogP contribution in [0.3, 0.4) is 0 Å². The van der Waals surface area contributed by atoms with Crippen LogP contribution in [0.4, 0.5) is 0 Å². The Bertz CT molecular complexity index is 3710. The molecular formula is C84H100O6. The molecule has 5 aromatic rings. The van der Waals surface area contributed by atoms with Gasteiger partial charge < -0.3 is 25.2 Å². The van der Waals surface area contributed by atoms with E-state index in [9.17, 15) is 25.2 Å². The van der Waals surface area contributed by atoms with E-state index in [1.807, 2.05) is 12.1 Å². The first-order chi connectivity index (χ1) is 43.6. The van der Waals surface area contributed by atoms with Gasteiger partial charge in [0.25, 0.3) is 0 Å². The molecule has 0 aromatic heterocycles. The number of hydrogen-bond acceptors (Lipinski definition) is 5. The lowest BCUT2D eigenvalue weighted by atomic mass is 9.30. The summed E-state index contributed by atoms with van der Waals surface area (Å²) < 4.78 is 5.50. The van der Waals surface area contributed by atoms with Crippen molar-refractivity contribution in [1.29, 1.82) is 0 Å². The molecule has 5 aromatic carbocycles. The second-order valence-corrected chi connectivity index (χ2v) is 30.9. The highest BCUT2D eigenvalue weighted by Crippen LogP contribution is 2.82. The first-order valence-corrected chi connectivity index (χ1v) is 35.3. The van der Waals surface area contributed by atoms with Crippen molar-refractivity contribution in [2.24, 2.45) is 74.4 Å². The zero-order valence-electron chi connectivity index (χ0n) is 54.4. The molecule has 4 saturated carbocycles. The monoisotopic (exact) mass is 1200 g/mol. The van der Waals surface area contributed by atoms with Crippen molar-refractivity contribution >= 4 is 17.6 Å². The molecule has 6 heteroatoms. The van der Waals surface area contributed by atoms with Crippen molar-refractivity contribution in [3.63, 3.8) is 0 Å². The van der Waals surface area contributed by atoms with Crippen LogP contribution < -0.4 is 10.4 Å². The molecule has 90 heavy (non-hydrogen) atoms. The molecule has 0 aliphatic heterocycles. The molecule has 0 amide bonds. The maximum Gasteiger partial charge on any atom is 0.306 e. The van der Waals surface area contributed by atoms with Crippen LogP contribution in [0.1, 0.15) is 171 Å². The Kier molecular flexibility index (Phi) is 16.7. The smallest absolute Gasteiger partial charge is 0.306 e. The summed E-state index contributed by atoms with van der Waals surface area (Å²) in [5, 5.41) is 51.0. The molecule has 0 spiro atoms. The molecule has 4 fully saturated rings. The number of allylic oxidation sites excluding steroid dienone is 7. The Hall–Kier alpha value is -6.05. The zero-order valence-corrected chi connectivity index (χ0v) is 54.4. The summed E-state index contributed by atoms with van der Waals surface area (Å²) in [6.45, 7) is 12.7. The predicted molar refractivity (Wildman–Crippen MR) is 364 cm³/mol. The highest BCUT2D eigenvalue weighted by Gasteiger charge is 2.76. The van der Waals surface area contributed by atoms with Crippen LogP contribution in [0, 0.1) is 74.4 Å². The molecule has 14 rings (SSSR count). The number of rotatable bonds is 19. The molecule has 6 nitrogen and oxygen atoms in total. The number of methoxy groups -OCH3 is 1. The largest absolute Gasteiger partial charge is 0.508 e. The van der Waals surface area contributed by atoms with Gasteiger partial charge in [-0.15, -0.1) is 0 Å². The molecule has 9 aliphatic rings. The van der Waals surface area contributed by atoms with Gasteiger partial charge in [-0.05, 0) is 230 Å². The molecular weight excluding hydrogens is 1100 g/mol. The maximum atomic E-state index is 14.4. The summed E-state index contributed by atoms with van der Waals surface area (Å²) in [4.78, 5) is 14.4. The van der Waals surface area contributed by atoms with Crippen molar-refractivity contribution in [1.82, 2.24) is 0 Å². The lowest BCUT2D eigenvalue weighted by Crippen LogP contribution is -2.68. The Labute approximate surface area is 537 Å². The molecule has 4 N–H and O–H groups in total. The Morgan fingerprint density at radius 3 is 2.23 bits per heavy atom. The molecule has 0 unspecified atom stereocenters. The van der Waals surface area contributed by atoms with Crippen LogP contribution in [0.25, 0.3) is 22.8 Å². The normalized spacial score (nSPS) is 33.5. The van der Waals surface area contributed by atoms with E-state index >= 15 is 0 Å². The van der Waals surface area contributed by atoms with Crippen LogP contribution in [0.15, 0.2) is 174 Å². The first-order valence-electron chi connectivity index (χ1n) is 35.3. The summed E-state index contributed by atoms with van der Waals surface area (Å²) in [6, 6.07) is 46.2. The van der Waals surface area contributed by atoms with E-state index in [-0.39, 0.29) is 34.3 Å². The third-order valence-electron chi connectivity index (χ3n) is 26.8. The molecule has 9 aliphatic carbocycles. The fourth-order valence-corrected chi connectivity index (χ4v) is 22.7. The zero-order chi connectivity index (χ0) is 62.2. The van der Waals surface area contributed by atoms with Gasteiger partial charge in [0, 0.05) is 40.6 Å². The molecule has 472 valence electrons. The van der Waals surface area contributed by atoms with Crippen LogP contribution in [-0.4, -0.2) is 52.3 Å². The SMILES string of the molecule is C=C(CC[C@@H](C(=O)O)[C@H]1[C@H](O)C[C@@]2(C3CCC([C@@H](CCc4ccccc4)c4ccc(CCOC)cc4)CC3)C3=C(CC[C@]12C)[C@]12CC[C@H](O)[C@@]4(C)CC=C[C@@](C=C5C(Cc6cccc(-c7ccc(O)cc7)c6)=c6ccccc6=C[C@@H]51)(C3)[C@@H]42)[C@@H](C)C1CCCCC1. The number of ether oxygens (including phenoxy) is 1. The van der Waals surface area contributed by atoms with Crippen molar-refractivity contribution in [2.45, 2.75) is 180 Å². The molecule has 0 radical (unpaired) electrons. The first kappa shape index (κ1) is 61.5. The third kappa shape index (κ3) is 10.2. The van der Waals surface area contributed by atoms with Crippen LogP contribution in [0.5, 0.6) is 5.75 Å². The Balaban J connectivity index is 0.898. The number of aryl methyl sites for hydroxylation is 1. The quantitative estimate of drug-likeness (QED) is 0.0614. The van der Waals surface area contributed by atoms with E-state index in [1.54, 1.807) is 30.4 Å². The number of aliphatic hydroxyl groups excluding tert-OH is 2. The molecule has 2 bridgehead atoms. The summed E-state index contributed by atoms with van der Waals surface area (Å²) in [6.07, 6.45) is 30.6. The van der Waals surface area contributed by atoms with Gasteiger partial charge in [-0.1, -0.05) is 203 Å². The lowest BCUT2D eigenvalue weighted by Gasteiger charge is -2.73. The second kappa shape index (κ2) is 24.4. The van der Waals surface area contributed by atoms with Gasteiger partial charge in [0.1, 0.15) is 5.75 Å². The van der Waals surface area contributed by atoms with Gasteiger partial charge in [-0.25, -0.2) is 0 Å². The van der Waals surface area contributed by atoms with Crippen molar-refractivity contribution < 1.29 is 30.0 Å². The van der Waals surface area contributed by atoms with E-state index < -0.39 is 46.3 Å². The van der Waals surface area contributed by atoms with Crippen LogP contribution in [0.2, 0.25) is 0 Å². The highest BCUT2D eigenvalue weighted by molar-refractivity contribution is 5.77. The summed E-state index contributed by atoms with van der Waals surface area (Å²) in [7, 11) is 1.78. The average molecular weight is 1210 g/mol. The lowest BCUT2D eigenvalue weighted by molar-refractivity contribution is -0.164. The van der Waals surface area contributed by atoms with Gasteiger partial charge in [0.05, 0.1) is 24.7 Å². The minimum Gasteiger partial charge on any atom is -0.508 e. The van der Waals surface area contributed by atoms with Gasteiger partial charge in [-0.2, -0.15) is 0 Å². The van der Waals surface area contributed by atoms with E-state index in [4.69, 9.17) is 11.3 Å². The van der Waals surface area contributed by atoms with Gasteiger partial charge in [0.15, 0.2) is 0 Å². The summed E-state index contributed by atoms with van der Waals surface area (Å²) >= 11 is 0. The second-order valence-electron chi connectivity index (χ2n) is 30.9. The molecule has 13 atom stereocenters.